The molecule has 0 spiro atoms. The number of ether oxygens (including phenoxy) is 1. The molecule has 0 fully saturated rings. The number of rotatable bonds is 5. The van der Waals surface area contributed by atoms with Gasteiger partial charge in [0.05, 0.1) is 19.2 Å². The van der Waals surface area contributed by atoms with Crippen molar-refractivity contribution < 1.29 is 18.4 Å². The number of anilines is 1. The molecule has 0 aliphatic carbocycles. The molecule has 1 amide bonds. The van der Waals surface area contributed by atoms with E-state index in [9.17, 15) is 9.18 Å². The number of amides is 1. The first-order valence-electron chi connectivity index (χ1n) is 7.29. The van der Waals surface area contributed by atoms with Gasteiger partial charge in [-0.25, -0.2) is 4.39 Å². The van der Waals surface area contributed by atoms with E-state index in [4.69, 9.17) is 9.26 Å². The van der Waals surface area contributed by atoms with E-state index in [0.29, 0.717) is 22.9 Å². The maximum atomic E-state index is 13.1. The van der Waals surface area contributed by atoms with Crippen molar-refractivity contribution in [1.82, 2.24) is 5.16 Å². The highest BCUT2D eigenvalue weighted by Crippen LogP contribution is 2.24. The first kappa shape index (κ1) is 15.7. The molecule has 24 heavy (non-hydrogen) atoms. The lowest BCUT2D eigenvalue weighted by Crippen LogP contribution is -2.14. The molecule has 0 bridgehead atoms. The summed E-state index contributed by atoms with van der Waals surface area (Å²) in [7, 11) is 1.59. The van der Waals surface area contributed by atoms with Gasteiger partial charge in [-0.15, -0.1) is 0 Å². The molecule has 0 aliphatic heterocycles. The number of nitrogens with one attached hydrogen (secondary N) is 1. The summed E-state index contributed by atoms with van der Waals surface area (Å²) in [6.45, 7) is 0. The van der Waals surface area contributed by atoms with Crippen molar-refractivity contribution in [2.45, 2.75) is 6.42 Å². The van der Waals surface area contributed by atoms with Gasteiger partial charge < -0.3 is 14.6 Å². The van der Waals surface area contributed by atoms with Gasteiger partial charge in [0.15, 0.2) is 5.76 Å². The van der Waals surface area contributed by atoms with E-state index in [2.05, 4.69) is 10.5 Å². The van der Waals surface area contributed by atoms with Crippen LogP contribution in [-0.4, -0.2) is 18.2 Å². The van der Waals surface area contributed by atoms with Crippen LogP contribution in [0.4, 0.5) is 10.1 Å². The van der Waals surface area contributed by atoms with E-state index < -0.39 is 5.82 Å². The summed E-state index contributed by atoms with van der Waals surface area (Å²) in [5, 5.41) is 6.51. The van der Waals surface area contributed by atoms with Crippen LogP contribution in [0.5, 0.6) is 5.75 Å². The van der Waals surface area contributed by atoms with E-state index in [1.54, 1.807) is 19.2 Å². The highest BCUT2D eigenvalue weighted by molar-refractivity contribution is 5.92. The molecule has 0 unspecified atom stereocenters. The second-order valence-electron chi connectivity index (χ2n) is 5.15. The van der Waals surface area contributed by atoms with E-state index in [1.165, 1.54) is 18.2 Å². The van der Waals surface area contributed by atoms with Crippen LogP contribution in [0.1, 0.15) is 5.69 Å². The summed E-state index contributed by atoms with van der Waals surface area (Å²) in [5.74, 6) is 0.539. The predicted octanol–water partition coefficient (Wildman–Crippen LogP) is 3.67. The van der Waals surface area contributed by atoms with Crippen LogP contribution in [0.3, 0.4) is 0 Å². The van der Waals surface area contributed by atoms with Crippen molar-refractivity contribution in [2.75, 3.05) is 12.4 Å². The van der Waals surface area contributed by atoms with Gasteiger partial charge in [0, 0.05) is 17.3 Å². The lowest BCUT2D eigenvalue weighted by molar-refractivity contribution is -0.115. The number of benzene rings is 2. The van der Waals surface area contributed by atoms with E-state index in [1.807, 2.05) is 24.3 Å². The molecule has 0 saturated heterocycles. The maximum Gasteiger partial charge on any atom is 0.230 e. The zero-order valence-electron chi connectivity index (χ0n) is 13.0. The van der Waals surface area contributed by atoms with Crippen LogP contribution in [0, 0.1) is 5.82 Å². The molecule has 0 aliphatic rings. The molecule has 2 aromatic carbocycles. The first-order valence-corrected chi connectivity index (χ1v) is 7.29. The van der Waals surface area contributed by atoms with Gasteiger partial charge >= 0.3 is 0 Å². The van der Waals surface area contributed by atoms with Crippen LogP contribution < -0.4 is 10.1 Å². The summed E-state index contributed by atoms with van der Waals surface area (Å²) in [6, 6.07) is 14.8. The van der Waals surface area contributed by atoms with Crippen LogP contribution in [-0.2, 0) is 11.2 Å². The van der Waals surface area contributed by atoms with Gasteiger partial charge in [-0.2, -0.15) is 0 Å². The van der Waals surface area contributed by atoms with Crippen molar-refractivity contribution in [3.63, 3.8) is 0 Å². The number of hydrogen-bond donors (Lipinski definition) is 1. The van der Waals surface area contributed by atoms with Crippen molar-refractivity contribution >= 4 is 11.6 Å². The number of halogens is 1. The molecule has 0 radical (unpaired) electrons. The Morgan fingerprint density at radius 3 is 2.83 bits per heavy atom. The van der Waals surface area contributed by atoms with Crippen LogP contribution in [0.2, 0.25) is 0 Å². The monoisotopic (exact) mass is 326 g/mol. The van der Waals surface area contributed by atoms with Crippen LogP contribution in [0.25, 0.3) is 11.3 Å². The number of hydrogen-bond acceptors (Lipinski definition) is 4. The Morgan fingerprint density at radius 2 is 2.04 bits per heavy atom. The molecular weight excluding hydrogens is 311 g/mol. The molecule has 6 heteroatoms. The molecular formula is C18H15FN2O3. The summed E-state index contributed by atoms with van der Waals surface area (Å²) in [5.41, 5.74) is 1.69. The lowest BCUT2D eigenvalue weighted by atomic mass is 10.1. The van der Waals surface area contributed by atoms with Gasteiger partial charge in [0.2, 0.25) is 5.91 Å². The quantitative estimate of drug-likeness (QED) is 0.777. The van der Waals surface area contributed by atoms with Crippen molar-refractivity contribution in [1.29, 1.82) is 0 Å². The van der Waals surface area contributed by atoms with Crippen molar-refractivity contribution in [2.24, 2.45) is 0 Å². The second kappa shape index (κ2) is 6.95. The molecule has 1 N–H and O–H groups in total. The zero-order valence-corrected chi connectivity index (χ0v) is 13.0. The molecule has 5 nitrogen and oxygen atoms in total. The Balaban J connectivity index is 1.68. The van der Waals surface area contributed by atoms with E-state index in [-0.39, 0.29) is 12.3 Å². The lowest BCUT2D eigenvalue weighted by Gasteiger charge is -2.03. The Bertz CT molecular complexity index is 861. The van der Waals surface area contributed by atoms with Gasteiger partial charge in [-0.3, -0.25) is 4.79 Å². The smallest absolute Gasteiger partial charge is 0.230 e. The summed E-state index contributed by atoms with van der Waals surface area (Å²) < 4.78 is 23.6. The molecule has 0 saturated carbocycles. The zero-order chi connectivity index (χ0) is 16.9. The predicted molar refractivity (Wildman–Crippen MR) is 87.2 cm³/mol. The fourth-order valence-electron chi connectivity index (χ4n) is 2.24. The van der Waals surface area contributed by atoms with Crippen molar-refractivity contribution in [3.8, 4) is 17.1 Å². The molecule has 0 atom stereocenters. The molecule has 3 aromatic rings. The minimum atomic E-state index is -0.408. The Kier molecular flexibility index (Phi) is 4.56. The van der Waals surface area contributed by atoms with Crippen molar-refractivity contribution in [3.05, 3.63) is 66.1 Å². The Labute approximate surface area is 138 Å². The fourth-order valence-corrected chi connectivity index (χ4v) is 2.24. The number of carbonyl (C=O) groups excluding carboxylic acids is 1. The minimum absolute atomic E-state index is 0.0317. The highest BCUT2D eigenvalue weighted by atomic mass is 19.1. The molecule has 1 aromatic heterocycles. The standard InChI is InChI=1S/C18H15FN2O3/c1-23-16-7-2-4-12(8-16)17-10-15(21-24-17)11-18(22)20-14-6-3-5-13(19)9-14/h2-10H,11H2,1H3,(H,20,22). The van der Waals surface area contributed by atoms with Gasteiger partial charge in [0.1, 0.15) is 11.6 Å². The average molecular weight is 326 g/mol. The maximum absolute atomic E-state index is 13.1. The fraction of sp³-hybridized carbons (Fsp3) is 0.111. The number of nitrogens with zero attached hydrogens (tertiary/aromatic N) is 1. The van der Waals surface area contributed by atoms with E-state index >= 15 is 0 Å². The van der Waals surface area contributed by atoms with E-state index in [0.717, 1.165) is 5.56 Å². The third kappa shape index (κ3) is 3.78. The van der Waals surface area contributed by atoms with Gasteiger partial charge in [-0.05, 0) is 30.3 Å². The molecule has 122 valence electrons. The number of methoxy groups -OCH3 is 1. The Hall–Kier alpha value is -3.15. The SMILES string of the molecule is COc1cccc(-c2cc(CC(=O)Nc3cccc(F)c3)no2)c1. The van der Waals surface area contributed by atoms with Crippen LogP contribution in [0.15, 0.2) is 59.1 Å². The third-order valence-corrected chi connectivity index (χ3v) is 3.36. The second-order valence-corrected chi connectivity index (χ2v) is 5.15. The summed E-state index contributed by atoms with van der Waals surface area (Å²) in [4.78, 5) is 12.0. The molecule has 1 heterocycles. The minimum Gasteiger partial charge on any atom is -0.497 e. The largest absolute Gasteiger partial charge is 0.497 e. The molecule has 3 rings (SSSR count). The van der Waals surface area contributed by atoms with Gasteiger partial charge in [0.25, 0.3) is 0 Å². The first-order chi connectivity index (χ1) is 11.6. The number of aromatic nitrogens is 1. The average Bonchev–Trinajstić information content (AvgIpc) is 3.03. The number of carbonyl (C=O) groups is 1. The van der Waals surface area contributed by atoms with Gasteiger partial charge in [-0.1, -0.05) is 23.4 Å². The topological polar surface area (TPSA) is 64.4 Å². The normalized spacial score (nSPS) is 10.4. The summed E-state index contributed by atoms with van der Waals surface area (Å²) in [6.07, 6.45) is 0.0317. The Morgan fingerprint density at radius 1 is 1.21 bits per heavy atom. The van der Waals surface area contributed by atoms with Crippen LogP contribution >= 0.6 is 0 Å². The highest BCUT2D eigenvalue weighted by Gasteiger charge is 2.11. The summed E-state index contributed by atoms with van der Waals surface area (Å²) >= 11 is 0. The third-order valence-electron chi connectivity index (χ3n) is 3.36.